The lowest BCUT2D eigenvalue weighted by molar-refractivity contribution is 0.353. The van der Waals surface area contributed by atoms with Crippen LogP contribution >= 0.6 is 28.3 Å². The van der Waals surface area contributed by atoms with E-state index in [0.717, 1.165) is 15.7 Å². The van der Waals surface area contributed by atoms with Crippen LogP contribution in [0.1, 0.15) is 0 Å². The molecule has 1 aromatic heterocycles. The number of hydrogen-bond acceptors (Lipinski definition) is 4. The summed E-state index contributed by atoms with van der Waals surface area (Å²) in [7, 11) is 6.46. The number of imidazole rings is 1. The SMILES string of the molecule is COc1ccc(-c2c(-c3cc(Br)c(OC)c(OC)c3)ncn2C)cc1F.Cl. The second-order valence-electron chi connectivity index (χ2n) is 5.60. The molecule has 0 saturated heterocycles. The minimum absolute atomic E-state index is 0. The van der Waals surface area contributed by atoms with Gasteiger partial charge in [0, 0.05) is 18.2 Å². The molecule has 3 rings (SSSR count). The second kappa shape index (κ2) is 8.63. The highest BCUT2D eigenvalue weighted by molar-refractivity contribution is 9.10. The highest BCUT2D eigenvalue weighted by Gasteiger charge is 2.19. The summed E-state index contributed by atoms with van der Waals surface area (Å²) < 4.78 is 32.6. The molecule has 8 heteroatoms. The zero-order chi connectivity index (χ0) is 18.8. The number of halogens is 3. The molecule has 3 aromatic rings. The van der Waals surface area contributed by atoms with Crippen LogP contribution in [0, 0.1) is 5.82 Å². The molecule has 0 atom stereocenters. The van der Waals surface area contributed by atoms with Gasteiger partial charge >= 0.3 is 0 Å². The third-order valence-electron chi connectivity index (χ3n) is 4.07. The van der Waals surface area contributed by atoms with Crippen molar-refractivity contribution in [2.24, 2.45) is 7.05 Å². The standard InChI is InChI=1S/C19H18BrFN2O3.ClH/c1-23-10-22-17(12-7-13(20)19(26-4)16(9-12)25-3)18(23)11-5-6-15(24-2)14(21)8-11;/h5-10H,1-4H3;1H. The summed E-state index contributed by atoms with van der Waals surface area (Å²) in [4.78, 5) is 4.50. The second-order valence-corrected chi connectivity index (χ2v) is 6.45. The molecule has 2 aromatic carbocycles. The Morgan fingerprint density at radius 1 is 0.963 bits per heavy atom. The van der Waals surface area contributed by atoms with Gasteiger partial charge in [-0.1, -0.05) is 0 Å². The van der Waals surface area contributed by atoms with Crippen LogP contribution in [0.5, 0.6) is 17.2 Å². The maximum atomic E-state index is 14.2. The van der Waals surface area contributed by atoms with Gasteiger partial charge in [0.05, 0.1) is 43.5 Å². The van der Waals surface area contributed by atoms with E-state index in [1.807, 2.05) is 23.7 Å². The molecule has 0 aliphatic carbocycles. The number of hydrogen-bond donors (Lipinski definition) is 0. The van der Waals surface area contributed by atoms with Gasteiger partial charge in [-0.15, -0.1) is 12.4 Å². The molecule has 0 N–H and O–H groups in total. The van der Waals surface area contributed by atoms with Crippen LogP contribution in [-0.4, -0.2) is 30.9 Å². The first kappa shape index (κ1) is 21.1. The summed E-state index contributed by atoms with van der Waals surface area (Å²) in [6.45, 7) is 0. The molecule has 144 valence electrons. The maximum absolute atomic E-state index is 14.2. The van der Waals surface area contributed by atoms with Crippen LogP contribution in [-0.2, 0) is 7.05 Å². The molecule has 0 bridgehead atoms. The predicted molar refractivity (Wildman–Crippen MR) is 109 cm³/mol. The van der Waals surface area contributed by atoms with Gasteiger partial charge in [0.1, 0.15) is 0 Å². The lowest BCUT2D eigenvalue weighted by atomic mass is 10.0. The van der Waals surface area contributed by atoms with E-state index in [0.29, 0.717) is 22.8 Å². The van der Waals surface area contributed by atoms with Gasteiger partial charge in [-0.05, 0) is 46.3 Å². The van der Waals surface area contributed by atoms with Crippen molar-refractivity contribution in [1.82, 2.24) is 9.55 Å². The summed E-state index contributed by atoms with van der Waals surface area (Å²) in [6, 6.07) is 8.59. The number of methoxy groups -OCH3 is 3. The molecule has 0 aliphatic rings. The van der Waals surface area contributed by atoms with Crippen LogP contribution in [0.4, 0.5) is 4.39 Å². The van der Waals surface area contributed by atoms with Crippen LogP contribution in [0.15, 0.2) is 41.1 Å². The van der Waals surface area contributed by atoms with Gasteiger partial charge in [0.2, 0.25) is 0 Å². The molecule has 27 heavy (non-hydrogen) atoms. The molecule has 0 aliphatic heterocycles. The Bertz CT molecular complexity index is 962. The Labute approximate surface area is 171 Å². The van der Waals surface area contributed by atoms with E-state index >= 15 is 0 Å². The van der Waals surface area contributed by atoms with Crippen molar-refractivity contribution in [3.05, 3.63) is 46.9 Å². The highest BCUT2D eigenvalue weighted by Crippen LogP contribution is 2.41. The minimum atomic E-state index is -0.425. The van der Waals surface area contributed by atoms with Gasteiger partial charge in [0.15, 0.2) is 23.1 Å². The molecule has 0 unspecified atom stereocenters. The van der Waals surface area contributed by atoms with Gasteiger partial charge in [-0.2, -0.15) is 0 Å². The molecule has 5 nitrogen and oxygen atoms in total. The van der Waals surface area contributed by atoms with Gasteiger partial charge in [-0.25, -0.2) is 9.37 Å². The number of aromatic nitrogens is 2. The van der Waals surface area contributed by atoms with Crippen molar-refractivity contribution in [2.75, 3.05) is 21.3 Å². The summed E-state index contributed by atoms with van der Waals surface area (Å²) >= 11 is 3.50. The van der Waals surface area contributed by atoms with Gasteiger partial charge in [0.25, 0.3) is 0 Å². The molecule has 0 amide bonds. The summed E-state index contributed by atoms with van der Waals surface area (Å²) in [5.41, 5.74) is 3.01. The number of aryl methyl sites for hydroxylation is 1. The first-order valence-electron chi connectivity index (χ1n) is 7.77. The van der Waals surface area contributed by atoms with Gasteiger partial charge in [-0.3, -0.25) is 0 Å². The van der Waals surface area contributed by atoms with Crippen LogP contribution < -0.4 is 14.2 Å². The number of rotatable bonds is 5. The third-order valence-corrected chi connectivity index (χ3v) is 4.66. The van der Waals surface area contributed by atoms with Crippen molar-refractivity contribution < 1.29 is 18.6 Å². The van der Waals surface area contributed by atoms with E-state index in [9.17, 15) is 4.39 Å². The molecular formula is C19H19BrClFN2O3. The average Bonchev–Trinajstić information content (AvgIpc) is 3.02. The Morgan fingerprint density at radius 3 is 2.26 bits per heavy atom. The Kier molecular flexibility index (Phi) is 6.73. The summed E-state index contributed by atoms with van der Waals surface area (Å²) in [5, 5.41) is 0. The van der Waals surface area contributed by atoms with Gasteiger partial charge < -0.3 is 18.8 Å². The van der Waals surface area contributed by atoms with E-state index in [2.05, 4.69) is 20.9 Å². The zero-order valence-electron chi connectivity index (χ0n) is 15.2. The molecule has 0 spiro atoms. The van der Waals surface area contributed by atoms with Crippen molar-refractivity contribution in [3.63, 3.8) is 0 Å². The van der Waals surface area contributed by atoms with Crippen molar-refractivity contribution >= 4 is 28.3 Å². The zero-order valence-corrected chi connectivity index (χ0v) is 17.6. The van der Waals surface area contributed by atoms with Crippen molar-refractivity contribution in [3.8, 4) is 39.8 Å². The van der Waals surface area contributed by atoms with E-state index in [4.69, 9.17) is 14.2 Å². The summed E-state index contributed by atoms with van der Waals surface area (Å²) in [5.74, 6) is 0.954. The Morgan fingerprint density at radius 2 is 1.67 bits per heavy atom. The first-order chi connectivity index (χ1) is 12.5. The van der Waals surface area contributed by atoms with E-state index in [1.165, 1.54) is 13.2 Å². The predicted octanol–water partition coefficient (Wildman–Crippen LogP) is 5.10. The van der Waals surface area contributed by atoms with Crippen LogP contribution in [0.2, 0.25) is 0 Å². The first-order valence-corrected chi connectivity index (χ1v) is 8.56. The largest absolute Gasteiger partial charge is 0.494 e. The normalized spacial score (nSPS) is 10.3. The Balaban J connectivity index is 0.00000261. The fourth-order valence-electron chi connectivity index (χ4n) is 2.85. The summed E-state index contributed by atoms with van der Waals surface area (Å²) in [6.07, 6.45) is 1.69. The lowest BCUT2D eigenvalue weighted by Gasteiger charge is -2.13. The fraction of sp³-hybridized carbons (Fsp3) is 0.211. The monoisotopic (exact) mass is 456 g/mol. The smallest absolute Gasteiger partial charge is 0.174 e. The fourth-order valence-corrected chi connectivity index (χ4v) is 3.45. The maximum Gasteiger partial charge on any atom is 0.174 e. The minimum Gasteiger partial charge on any atom is -0.494 e. The quantitative estimate of drug-likeness (QED) is 0.534. The van der Waals surface area contributed by atoms with Crippen LogP contribution in [0.25, 0.3) is 22.5 Å². The topological polar surface area (TPSA) is 45.5 Å². The lowest BCUT2D eigenvalue weighted by Crippen LogP contribution is -1.96. The average molecular weight is 458 g/mol. The number of nitrogens with zero attached hydrogens (tertiary/aromatic N) is 2. The molecule has 0 saturated carbocycles. The number of benzene rings is 2. The van der Waals surface area contributed by atoms with Crippen molar-refractivity contribution in [2.45, 2.75) is 0 Å². The van der Waals surface area contributed by atoms with E-state index in [-0.39, 0.29) is 18.2 Å². The highest BCUT2D eigenvalue weighted by atomic mass is 79.9. The third kappa shape index (κ3) is 3.89. The molecule has 1 heterocycles. The Hall–Kier alpha value is -2.25. The van der Waals surface area contributed by atoms with E-state index in [1.54, 1.807) is 32.7 Å². The molecular weight excluding hydrogens is 439 g/mol. The molecule has 0 fully saturated rings. The van der Waals surface area contributed by atoms with E-state index < -0.39 is 5.82 Å². The van der Waals surface area contributed by atoms with Crippen LogP contribution in [0.3, 0.4) is 0 Å². The number of ether oxygens (including phenoxy) is 3. The van der Waals surface area contributed by atoms with Crippen molar-refractivity contribution in [1.29, 1.82) is 0 Å². The molecule has 0 radical (unpaired) electrons.